The topological polar surface area (TPSA) is 136 Å². The molecule has 4 atom stereocenters. The molecule has 5 heterocycles. The van der Waals surface area contributed by atoms with E-state index in [1.165, 1.54) is 24.1 Å². The highest BCUT2D eigenvalue weighted by atomic mass is 19.4. The van der Waals surface area contributed by atoms with E-state index in [0.717, 1.165) is 36.6 Å². The molecular formula is C37H46F4N6O7. The van der Waals surface area contributed by atoms with Crippen LogP contribution in [0.1, 0.15) is 67.0 Å². The first kappa shape index (κ1) is 37.1. The van der Waals surface area contributed by atoms with Crippen molar-refractivity contribution in [2.75, 3.05) is 51.9 Å². The fraction of sp³-hybridized carbons (Fsp3) is 0.676. The number of hydrogen-bond donors (Lipinski definition) is 2. The van der Waals surface area contributed by atoms with Crippen molar-refractivity contribution in [2.24, 2.45) is 24.8 Å². The Balaban J connectivity index is 1.12. The lowest BCUT2D eigenvalue weighted by molar-refractivity contribution is -0.256. The largest absolute Gasteiger partial charge is 0.487 e. The van der Waals surface area contributed by atoms with Crippen molar-refractivity contribution in [3.8, 4) is 5.75 Å². The molecule has 3 amide bonds. The zero-order chi connectivity index (χ0) is 37.9. The molecule has 294 valence electrons. The second-order valence-electron chi connectivity index (χ2n) is 15.7. The van der Waals surface area contributed by atoms with Crippen LogP contribution in [0, 0.1) is 23.6 Å². The summed E-state index contributed by atoms with van der Waals surface area (Å²) in [4.78, 5) is 44.8. The minimum atomic E-state index is -4.77. The first-order valence-corrected chi connectivity index (χ1v) is 18.8. The van der Waals surface area contributed by atoms with E-state index >= 15 is 4.39 Å². The van der Waals surface area contributed by atoms with Crippen molar-refractivity contribution in [3.63, 3.8) is 0 Å². The van der Waals surface area contributed by atoms with Crippen LogP contribution in [0.25, 0.3) is 0 Å². The molecule has 3 saturated heterocycles. The summed E-state index contributed by atoms with van der Waals surface area (Å²) in [6, 6.07) is 2.40. The van der Waals surface area contributed by atoms with Crippen LogP contribution in [0.3, 0.4) is 0 Å². The summed E-state index contributed by atoms with van der Waals surface area (Å²) >= 11 is 0. The lowest BCUT2D eigenvalue weighted by atomic mass is 9.79. The van der Waals surface area contributed by atoms with Gasteiger partial charge in [0.15, 0.2) is 12.2 Å². The molecule has 6 aliphatic rings. The number of likely N-dealkylation sites (tertiary alicyclic amines) is 1. The molecular weight excluding hydrogens is 716 g/mol. The molecule has 5 fully saturated rings. The number of hydrogen-bond acceptors (Lipinski definition) is 9. The van der Waals surface area contributed by atoms with Gasteiger partial charge in [0, 0.05) is 51.5 Å². The van der Waals surface area contributed by atoms with Crippen LogP contribution in [-0.4, -0.2) is 120 Å². The summed E-state index contributed by atoms with van der Waals surface area (Å²) < 4.78 is 82.6. The van der Waals surface area contributed by atoms with Crippen molar-refractivity contribution >= 4 is 23.4 Å². The highest BCUT2D eigenvalue weighted by molar-refractivity contribution is 6.01. The number of halogens is 4. The second kappa shape index (κ2) is 14.4. The van der Waals surface area contributed by atoms with Gasteiger partial charge in [-0.25, -0.2) is 4.39 Å². The molecule has 0 bridgehead atoms. The maximum atomic E-state index is 16.3. The minimum absolute atomic E-state index is 0.132. The van der Waals surface area contributed by atoms with Gasteiger partial charge in [-0.3, -0.25) is 24.0 Å². The third kappa shape index (κ3) is 7.31. The predicted molar refractivity (Wildman–Crippen MR) is 183 cm³/mol. The van der Waals surface area contributed by atoms with E-state index in [1.807, 2.05) is 0 Å². The normalized spacial score (nSPS) is 26.6. The van der Waals surface area contributed by atoms with Gasteiger partial charge in [0.25, 0.3) is 11.8 Å². The SMILES string of the molecule is COCC1O[C@H](C(F)(F)F)CN(C2CC3(CCN(C4COC4)CC3)Oc3cc(NC(=O)[C@@H](NC(=O)c4ccnn4C)C(C4CC4)C4CC4)c(F)cc32)C1=O. The van der Waals surface area contributed by atoms with Gasteiger partial charge < -0.3 is 34.5 Å². The number of amides is 3. The molecule has 54 heavy (non-hydrogen) atoms. The number of nitrogens with zero attached hydrogens (tertiary/aromatic N) is 4. The third-order valence-electron chi connectivity index (χ3n) is 12.1. The van der Waals surface area contributed by atoms with Gasteiger partial charge >= 0.3 is 6.18 Å². The van der Waals surface area contributed by atoms with Crippen LogP contribution in [-0.2, 0) is 30.8 Å². The Kier molecular flexibility index (Phi) is 9.88. The van der Waals surface area contributed by atoms with E-state index in [1.54, 1.807) is 13.1 Å². The number of morpholine rings is 1. The molecule has 2 saturated carbocycles. The van der Waals surface area contributed by atoms with Crippen molar-refractivity contribution in [1.29, 1.82) is 0 Å². The summed E-state index contributed by atoms with van der Waals surface area (Å²) in [7, 11) is 2.90. The fourth-order valence-corrected chi connectivity index (χ4v) is 8.79. The number of benzene rings is 1. The summed E-state index contributed by atoms with van der Waals surface area (Å²) in [5, 5.41) is 9.73. The Morgan fingerprint density at radius 2 is 1.81 bits per heavy atom. The maximum Gasteiger partial charge on any atom is 0.416 e. The summed E-state index contributed by atoms with van der Waals surface area (Å²) in [6.45, 7) is 1.34. The average Bonchev–Trinajstić information content (AvgIpc) is 4.05. The predicted octanol–water partition coefficient (Wildman–Crippen LogP) is 3.59. The smallest absolute Gasteiger partial charge is 0.416 e. The van der Waals surface area contributed by atoms with Crippen molar-refractivity contribution in [2.45, 2.75) is 87.1 Å². The molecule has 1 aromatic carbocycles. The number of piperidine rings is 1. The quantitative estimate of drug-likeness (QED) is 0.330. The molecule has 4 aliphatic heterocycles. The number of aromatic nitrogens is 2. The number of nitrogens with one attached hydrogen (secondary N) is 2. The zero-order valence-electron chi connectivity index (χ0n) is 30.3. The summed E-state index contributed by atoms with van der Waals surface area (Å²) in [5.74, 6) is -2.04. The number of carbonyl (C=O) groups is 3. The standard InChI is InChI=1S/C37H46F4N6O7/c1-45-26(7-10-42-45)33(48)44-32(31(20-3-4-20)21-5-6-21)34(49)43-25-14-28-23(13-24(25)38)27(15-36(54-28)8-11-46(12-9-36)22-17-52-18-22)47-16-30(37(39,40)41)53-29(19-51-2)35(47)50/h7,10,13-14,20-22,27,29-32H,3-6,8-9,11-12,15-19H2,1-2H3,(H,43,49)(H,44,48)/t27?,29?,30-,32-/m0/s1. The van der Waals surface area contributed by atoms with Gasteiger partial charge in [-0.2, -0.15) is 18.3 Å². The number of fused-ring (bicyclic) bond motifs is 1. The molecule has 2 unspecified atom stereocenters. The van der Waals surface area contributed by atoms with Crippen molar-refractivity contribution in [1.82, 2.24) is 24.9 Å². The van der Waals surface area contributed by atoms with Gasteiger partial charge in [-0.15, -0.1) is 0 Å². The molecule has 1 spiro atoms. The van der Waals surface area contributed by atoms with E-state index in [-0.39, 0.29) is 59.5 Å². The van der Waals surface area contributed by atoms with Gasteiger partial charge in [-0.1, -0.05) is 0 Å². The number of methoxy groups -OCH3 is 1. The van der Waals surface area contributed by atoms with Crippen LogP contribution < -0.4 is 15.4 Å². The molecule has 2 aliphatic carbocycles. The molecule has 1 aromatic heterocycles. The van der Waals surface area contributed by atoms with Crippen LogP contribution >= 0.6 is 0 Å². The van der Waals surface area contributed by atoms with Gasteiger partial charge in [0.2, 0.25) is 5.91 Å². The monoisotopic (exact) mass is 762 g/mol. The zero-order valence-corrected chi connectivity index (χ0v) is 30.3. The number of rotatable bonds is 11. The Hall–Kier alpha value is -3.80. The van der Waals surface area contributed by atoms with Crippen LogP contribution in [0.15, 0.2) is 24.4 Å². The molecule has 8 rings (SSSR count). The maximum absolute atomic E-state index is 16.3. The van der Waals surface area contributed by atoms with E-state index in [9.17, 15) is 27.6 Å². The Labute approximate surface area is 309 Å². The Morgan fingerprint density at radius 3 is 2.39 bits per heavy atom. The Morgan fingerprint density at radius 1 is 1.11 bits per heavy atom. The summed E-state index contributed by atoms with van der Waals surface area (Å²) in [6.07, 6.45) is -2.17. The van der Waals surface area contributed by atoms with Gasteiger partial charge in [0.1, 0.15) is 28.9 Å². The van der Waals surface area contributed by atoms with E-state index in [4.69, 9.17) is 18.9 Å². The number of carbonyl (C=O) groups excluding carboxylic acids is 3. The van der Waals surface area contributed by atoms with Gasteiger partial charge in [-0.05, 0) is 68.4 Å². The molecule has 17 heteroatoms. The highest BCUT2D eigenvalue weighted by Crippen LogP contribution is 2.52. The van der Waals surface area contributed by atoms with Crippen LogP contribution in [0.2, 0.25) is 0 Å². The van der Waals surface area contributed by atoms with Crippen LogP contribution in [0.5, 0.6) is 5.75 Å². The molecule has 2 aromatic rings. The van der Waals surface area contributed by atoms with Gasteiger partial charge in [0.05, 0.1) is 44.1 Å². The van der Waals surface area contributed by atoms with E-state index in [0.29, 0.717) is 39.1 Å². The first-order chi connectivity index (χ1) is 25.8. The number of alkyl halides is 3. The lowest BCUT2D eigenvalue weighted by Gasteiger charge is -2.52. The van der Waals surface area contributed by atoms with E-state index < -0.39 is 66.2 Å². The Bertz CT molecular complexity index is 1740. The summed E-state index contributed by atoms with van der Waals surface area (Å²) in [5.41, 5.74) is -0.601. The minimum Gasteiger partial charge on any atom is -0.487 e. The molecule has 13 nitrogen and oxygen atoms in total. The lowest BCUT2D eigenvalue weighted by Crippen LogP contribution is -2.61. The highest BCUT2D eigenvalue weighted by Gasteiger charge is 2.54. The van der Waals surface area contributed by atoms with Crippen molar-refractivity contribution in [3.05, 3.63) is 41.5 Å². The number of aryl methyl sites for hydroxylation is 1. The fourth-order valence-electron chi connectivity index (χ4n) is 8.79. The third-order valence-corrected chi connectivity index (χ3v) is 12.1. The number of anilines is 1. The van der Waals surface area contributed by atoms with Crippen LogP contribution in [0.4, 0.5) is 23.2 Å². The molecule has 0 radical (unpaired) electrons. The molecule has 2 N–H and O–H groups in total. The van der Waals surface area contributed by atoms with E-state index in [2.05, 4.69) is 20.6 Å². The first-order valence-electron chi connectivity index (χ1n) is 18.8. The second-order valence-corrected chi connectivity index (χ2v) is 15.7. The number of ether oxygens (including phenoxy) is 4. The van der Waals surface area contributed by atoms with Crippen molar-refractivity contribution < 1.29 is 50.9 Å². The average molecular weight is 763 g/mol.